The summed E-state index contributed by atoms with van der Waals surface area (Å²) in [5.74, 6) is 0. The van der Waals surface area contributed by atoms with Gasteiger partial charge in [-0.25, -0.2) is 0 Å². The number of aliphatic hydroxyl groups excluding tert-OH is 1. The van der Waals surface area contributed by atoms with Crippen molar-refractivity contribution in [1.29, 1.82) is 5.26 Å². The number of hydrogen-bond acceptors (Lipinski definition) is 3. The number of nitrogens with one attached hydrogen (secondary N) is 1. The van der Waals surface area contributed by atoms with Gasteiger partial charge in [0.05, 0.1) is 18.7 Å². The first-order valence-corrected chi connectivity index (χ1v) is 4.15. The smallest absolute Gasteiger partial charge is 0.0914 e. The second-order valence-corrected chi connectivity index (χ2v) is 2.72. The van der Waals surface area contributed by atoms with E-state index in [2.05, 4.69) is 5.32 Å². The van der Waals surface area contributed by atoms with Crippen LogP contribution in [0.2, 0.25) is 0 Å². The SMILES string of the molecule is N#CCNCC(O)c1ccccc1. The Hall–Kier alpha value is -1.37. The van der Waals surface area contributed by atoms with Crippen LogP contribution in [0.1, 0.15) is 11.7 Å². The molecule has 1 aromatic rings. The highest BCUT2D eigenvalue weighted by Gasteiger charge is 2.04. The third-order valence-corrected chi connectivity index (χ3v) is 1.73. The number of nitrogens with zero attached hydrogens (tertiary/aromatic N) is 1. The lowest BCUT2D eigenvalue weighted by Crippen LogP contribution is -2.21. The summed E-state index contributed by atoms with van der Waals surface area (Å²) >= 11 is 0. The maximum absolute atomic E-state index is 9.58. The van der Waals surface area contributed by atoms with Gasteiger partial charge in [-0.3, -0.25) is 0 Å². The van der Waals surface area contributed by atoms with E-state index in [1.54, 1.807) is 0 Å². The number of nitriles is 1. The molecule has 3 nitrogen and oxygen atoms in total. The lowest BCUT2D eigenvalue weighted by molar-refractivity contribution is 0.176. The van der Waals surface area contributed by atoms with Crippen LogP contribution in [-0.2, 0) is 0 Å². The normalized spacial score (nSPS) is 12.0. The molecular weight excluding hydrogens is 164 g/mol. The standard InChI is InChI=1S/C10H12N2O/c11-6-7-12-8-10(13)9-4-2-1-3-5-9/h1-5,10,12-13H,7-8H2. The maximum Gasteiger partial charge on any atom is 0.0914 e. The van der Waals surface area contributed by atoms with E-state index in [9.17, 15) is 5.11 Å². The Labute approximate surface area is 77.6 Å². The van der Waals surface area contributed by atoms with Crippen LogP contribution >= 0.6 is 0 Å². The Kier molecular flexibility index (Phi) is 3.97. The summed E-state index contributed by atoms with van der Waals surface area (Å²) in [7, 11) is 0. The quantitative estimate of drug-likeness (QED) is 0.528. The summed E-state index contributed by atoms with van der Waals surface area (Å²) < 4.78 is 0. The Morgan fingerprint density at radius 3 is 2.69 bits per heavy atom. The molecule has 1 rings (SSSR count). The Morgan fingerprint density at radius 1 is 1.38 bits per heavy atom. The van der Waals surface area contributed by atoms with Gasteiger partial charge in [0.1, 0.15) is 0 Å². The Bertz CT molecular complexity index is 279. The molecule has 2 N–H and O–H groups in total. The molecule has 0 spiro atoms. The number of hydrogen-bond donors (Lipinski definition) is 2. The average molecular weight is 176 g/mol. The average Bonchev–Trinajstić information content (AvgIpc) is 2.19. The molecule has 0 bridgehead atoms. The molecule has 0 aliphatic carbocycles. The second-order valence-electron chi connectivity index (χ2n) is 2.72. The summed E-state index contributed by atoms with van der Waals surface area (Å²) in [5, 5.41) is 20.7. The molecule has 0 radical (unpaired) electrons. The van der Waals surface area contributed by atoms with Crippen LogP contribution in [0.3, 0.4) is 0 Å². The molecule has 0 aromatic heterocycles. The summed E-state index contributed by atoms with van der Waals surface area (Å²) in [5.41, 5.74) is 0.868. The maximum atomic E-state index is 9.58. The summed E-state index contributed by atoms with van der Waals surface area (Å²) in [6, 6.07) is 11.3. The van der Waals surface area contributed by atoms with Crippen LogP contribution in [0, 0.1) is 11.3 Å². The topological polar surface area (TPSA) is 56.0 Å². The van der Waals surface area contributed by atoms with E-state index < -0.39 is 6.10 Å². The third-order valence-electron chi connectivity index (χ3n) is 1.73. The van der Waals surface area contributed by atoms with Crippen LogP contribution in [0.4, 0.5) is 0 Å². The van der Waals surface area contributed by atoms with E-state index in [0.29, 0.717) is 6.54 Å². The molecule has 1 aromatic carbocycles. The second kappa shape index (κ2) is 5.31. The summed E-state index contributed by atoms with van der Waals surface area (Å²) in [6.07, 6.45) is -0.533. The molecule has 0 amide bonds. The molecule has 1 unspecified atom stereocenters. The van der Waals surface area contributed by atoms with E-state index in [1.165, 1.54) is 0 Å². The zero-order valence-corrected chi connectivity index (χ0v) is 7.27. The summed E-state index contributed by atoms with van der Waals surface area (Å²) in [4.78, 5) is 0. The predicted molar refractivity (Wildman–Crippen MR) is 49.9 cm³/mol. The first-order valence-electron chi connectivity index (χ1n) is 4.15. The van der Waals surface area contributed by atoms with Gasteiger partial charge in [0.15, 0.2) is 0 Å². The lowest BCUT2D eigenvalue weighted by atomic mass is 10.1. The molecule has 0 fully saturated rings. The minimum Gasteiger partial charge on any atom is -0.387 e. The van der Waals surface area contributed by atoms with Gasteiger partial charge in [-0.15, -0.1) is 0 Å². The fourth-order valence-electron chi connectivity index (χ4n) is 1.06. The third kappa shape index (κ3) is 3.24. The molecule has 0 aliphatic heterocycles. The fourth-order valence-corrected chi connectivity index (χ4v) is 1.06. The van der Waals surface area contributed by atoms with Gasteiger partial charge in [-0.2, -0.15) is 5.26 Å². The monoisotopic (exact) mass is 176 g/mol. The van der Waals surface area contributed by atoms with Crippen molar-refractivity contribution >= 4 is 0 Å². The van der Waals surface area contributed by atoms with Crippen LogP contribution in [0.5, 0.6) is 0 Å². The van der Waals surface area contributed by atoms with Gasteiger partial charge >= 0.3 is 0 Å². The molecule has 3 heteroatoms. The van der Waals surface area contributed by atoms with Crippen molar-refractivity contribution in [3.05, 3.63) is 35.9 Å². The highest BCUT2D eigenvalue weighted by atomic mass is 16.3. The molecule has 68 valence electrons. The predicted octanol–water partition coefficient (Wildman–Crippen LogP) is 0.833. The van der Waals surface area contributed by atoms with Gasteiger partial charge < -0.3 is 10.4 Å². The molecule has 0 heterocycles. The highest BCUT2D eigenvalue weighted by molar-refractivity contribution is 5.17. The van der Waals surface area contributed by atoms with Crippen molar-refractivity contribution in [3.8, 4) is 6.07 Å². The highest BCUT2D eigenvalue weighted by Crippen LogP contribution is 2.09. The van der Waals surface area contributed by atoms with Crippen molar-refractivity contribution in [2.75, 3.05) is 13.1 Å². The molecule has 0 aliphatic rings. The van der Waals surface area contributed by atoms with Crippen LogP contribution in [0.15, 0.2) is 30.3 Å². The van der Waals surface area contributed by atoms with E-state index >= 15 is 0 Å². The van der Waals surface area contributed by atoms with E-state index in [1.807, 2.05) is 36.4 Å². The first kappa shape index (κ1) is 9.72. The van der Waals surface area contributed by atoms with Crippen molar-refractivity contribution in [3.63, 3.8) is 0 Å². The Morgan fingerprint density at radius 2 is 2.08 bits per heavy atom. The first-order chi connectivity index (χ1) is 6.34. The lowest BCUT2D eigenvalue weighted by Gasteiger charge is -2.09. The molecule has 0 saturated carbocycles. The van der Waals surface area contributed by atoms with Gasteiger partial charge in [0.2, 0.25) is 0 Å². The molecular formula is C10H12N2O. The van der Waals surface area contributed by atoms with E-state index in [-0.39, 0.29) is 6.54 Å². The zero-order chi connectivity index (χ0) is 9.52. The van der Waals surface area contributed by atoms with Crippen molar-refractivity contribution in [2.45, 2.75) is 6.10 Å². The van der Waals surface area contributed by atoms with Gasteiger partial charge in [0.25, 0.3) is 0 Å². The number of aliphatic hydroxyl groups is 1. The zero-order valence-electron chi connectivity index (χ0n) is 7.27. The van der Waals surface area contributed by atoms with Crippen molar-refractivity contribution in [1.82, 2.24) is 5.32 Å². The molecule has 1 atom stereocenters. The number of rotatable bonds is 4. The molecule has 0 saturated heterocycles. The van der Waals surface area contributed by atoms with Gasteiger partial charge in [-0.1, -0.05) is 30.3 Å². The Balaban J connectivity index is 2.41. The molecule has 13 heavy (non-hydrogen) atoms. The minimum absolute atomic E-state index is 0.268. The largest absolute Gasteiger partial charge is 0.387 e. The van der Waals surface area contributed by atoms with Crippen molar-refractivity contribution in [2.24, 2.45) is 0 Å². The van der Waals surface area contributed by atoms with E-state index in [4.69, 9.17) is 5.26 Å². The summed E-state index contributed by atoms with van der Waals surface area (Å²) in [6.45, 7) is 0.682. The van der Waals surface area contributed by atoms with Crippen LogP contribution < -0.4 is 5.32 Å². The fraction of sp³-hybridized carbons (Fsp3) is 0.300. The van der Waals surface area contributed by atoms with Crippen LogP contribution in [-0.4, -0.2) is 18.2 Å². The van der Waals surface area contributed by atoms with Crippen LogP contribution in [0.25, 0.3) is 0 Å². The minimum atomic E-state index is -0.533. The van der Waals surface area contributed by atoms with Crippen molar-refractivity contribution < 1.29 is 5.11 Å². The van der Waals surface area contributed by atoms with Gasteiger partial charge in [0, 0.05) is 6.54 Å². The number of benzene rings is 1. The van der Waals surface area contributed by atoms with E-state index in [0.717, 1.165) is 5.56 Å². The van der Waals surface area contributed by atoms with Gasteiger partial charge in [-0.05, 0) is 5.56 Å².